The number of halogens is 1. The third-order valence-corrected chi connectivity index (χ3v) is 2.53. The summed E-state index contributed by atoms with van der Waals surface area (Å²) in [4.78, 5) is 4.14. The van der Waals surface area contributed by atoms with Crippen molar-refractivity contribution >= 4 is 11.6 Å². The van der Waals surface area contributed by atoms with Gasteiger partial charge in [0.1, 0.15) is 12.2 Å². The minimum Gasteiger partial charge on any atom is -0.253 e. The van der Waals surface area contributed by atoms with Crippen LogP contribution in [0.15, 0.2) is 6.33 Å². The molecule has 1 aromatic heterocycles. The highest BCUT2D eigenvalue weighted by Crippen LogP contribution is 2.21. The van der Waals surface area contributed by atoms with Gasteiger partial charge in [-0.05, 0) is 5.41 Å². The van der Waals surface area contributed by atoms with Crippen LogP contribution in [-0.4, -0.2) is 20.6 Å². The number of rotatable bonds is 3. The molecule has 0 aliphatic heterocycles. The minimum atomic E-state index is 0.0996. The lowest BCUT2D eigenvalue weighted by atomic mass is 9.92. The molecule has 0 aliphatic carbocycles. The zero-order chi connectivity index (χ0) is 9.19. The van der Waals surface area contributed by atoms with Crippen LogP contribution in [0.1, 0.15) is 19.7 Å². The van der Waals surface area contributed by atoms with E-state index in [1.54, 1.807) is 11.0 Å². The fourth-order valence-corrected chi connectivity index (χ4v) is 1.05. The van der Waals surface area contributed by atoms with Crippen LogP contribution in [0.25, 0.3) is 0 Å². The topological polar surface area (TPSA) is 30.7 Å². The molecule has 0 radical (unpaired) electrons. The molecular weight excluding hydrogens is 174 g/mol. The number of hydrogen-bond acceptors (Lipinski definition) is 2. The van der Waals surface area contributed by atoms with Crippen molar-refractivity contribution in [3.8, 4) is 0 Å². The molecule has 0 saturated heterocycles. The number of aromatic nitrogens is 3. The summed E-state index contributed by atoms with van der Waals surface area (Å²) < 4.78 is 1.79. The Kier molecular flexibility index (Phi) is 2.73. The van der Waals surface area contributed by atoms with Crippen LogP contribution < -0.4 is 0 Å². The van der Waals surface area contributed by atoms with Crippen molar-refractivity contribution in [2.24, 2.45) is 12.5 Å². The van der Waals surface area contributed by atoms with E-state index in [1.807, 2.05) is 7.05 Å². The lowest BCUT2D eigenvalue weighted by Gasteiger charge is -2.19. The maximum absolute atomic E-state index is 5.81. The summed E-state index contributed by atoms with van der Waals surface area (Å²) in [5, 5.41) is 4.00. The van der Waals surface area contributed by atoms with Crippen LogP contribution in [0.3, 0.4) is 0 Å². The van der Waals surface area contributed by atoms with Gasteiger partial charge in [0.05, 0.1) is 0 Å². The van der Waals surface area contributed by atoms with Crippen LogP contribution in [0.5, 0.6) is 0 Å². The Labute approximate surface area is 77.8 Å². The van der Waals surface area contributed by atoms with Gasteiger partial charge in [-0.3, -0.25) is 4.68 Å². The Morgan fingerprint density at radius 2 is 2.25 bits per heavy atom. The Balaban J connectivity index is 2.70. The van der Waals surface area contributed by atoms with E-state index in [0.29, 0.717) is 5.88 Å². The molecule has 0 unspecified atom stereocenters. The number of nitrogens with zero attached hydrogens (tertiary/aromatic N) is 3. The van der Waals surface area contributed by atoms with Gasteiger partial charge in [-0.2, -0.15) is 5.10 Å². The van der Waals surface area contributed by atoms with Gasteiger partial charge in [0.25, 0.3) is 0 Å². The first-order valence-corrected chi connectivity index (χ1v) is 4.47. The Bertz CT molecular complexity index is 255. The number of alkyl halides is 1. The second kappa shape index (κ2) is 3.44. The zero-order valence-corrected chi connectivity index (χ0v) is 8.47. The first kappa shape index (κ1) is 9.52. The summed E-state index contributed by atoms with van der Waals surface area (Å²) in [6.45, 7) is 4.24. The van der Waals surface area contributed by atoms with Crippen molar-refractivity contribution in [3.05, 3.63) is 12.2 Å². The Morgan fingerprint density at radius 1 is 1.58 bits per heavy atom. The molecule has 68 valence electrons. The van der Waals surface area contributed by atoms with Crippen molar-refractivity contribution in [2.45, 2.75) is 20.3 Å². The SMILES string of the molecule is Cn1ncnc1CC(C)(C)CCl. The normalized spacial score (nSPS) is 12.0. The highest BCUT2D eigenvalue weighted by atomic mass is 35.5. The van der Waals surface area contributed by atoms with E-state index < -0.39 is 0 Å². The average molecular weight is 188 g/mol. The predicted octanol–water partition coefficient (Wildman–Crippen LogP) is 1.62. The molecule has 0 aliphatic rings. The summed E-state index contributed by atoms with van der Waals surface area (Å²) in [6, 6.07) is 0. The fraction of sp³-hybridized carbons (Fsp3) is 0.750. The molecule has 0 fully saturated rings. The van der Waals surface area contributed by atoms with Gasteiger partial charge in [0, 0.05) is 19.3 Å². The molecule has 0 atom stereocenters. The van der Waals surface area contributed by atoms with E-state index in [0.717, 1.165) is 12.2 Å². The summed E-state index contributed by atoms with van der Waals surface area (Å²) in [6.07, 6.45) is 2.44. The van der Waals surface area contributed by atoms with Gasteiger partial charge in [-0.15, -0.1) is 11.6 Å². The lowest BCUT2D eigenvalue weighted by Crippen LogP contribution is -2.19. The standard InChI is InChI=1S/C8H14ClN3/c1-8(2,5-9)4-7-10-6-11-12(7)3/h6H,4-5H2,1-3H3. The summed E-state index contributed by atoms with van der Waals surface area (Å²) in [5.74, 6) is 1.63. The Morgan fingerprint density at radius 3 is 2.67 bits per heavy atom. The van der Waals surface area contributed by atoms with Gasteiger partial charge in [-0.25, -0.2) is 4.98 Å². The first-order chi connectivity index (χ1) is 5.55. The molecule has 0 aromatic carbocycles. The molecule has 1 aromatic rings. The maximum atomic E-state index is 5.81. The van der Waals surface area contributed by atoms with Crippen molar-refractivity contribution in [3.63, 3.8) is 0 Å². The minimum absolute atomic E-state index is 0.0996. The van der Waals surface area contributed by atoms with Gasteiger partial charge in [-0.1, -0.05) is 13.8 Å². The van der Waals surface area contributed by atoms with E-state index in [2.05, 4.69) is 23.9 Å². The molecule has 1 rings (SSSR count). The monoisotopic (exact) mass is 187 g/mol. The number of hydrogen-bond donors (Lipinski definition) is 0. The maximum Gasteiger partial charge on any atom is 0.138 e. The van der Waals surface area contributed by atoms with Crippen LogP contribution in [-0.2, 0) is 13.5 Å². The largest absolute Gasteiger partial charge is 0.253 e. The van der Waals surface area contributed by atoms with E-state index in [-0.39, 0.29) is 5.41 Å². The van der Waals surface area contributed by atoms with E-state index in [9.17, 15) is 0 Å². The van der Waals surface area contributed by atoms with Crippen LogP contribution in [0.2, 0.25) is 0 Å². The van der Waals surface area contributed by atoms with Crippen LogP contribution in [0, 0.1) is 5.41 Å². The molecule has 4 heteroatoms. The molecule has 0 bridgehead atoms. The van der Waals surface area contributed by atoms with Crippen LogP contribution in [0.4, 0.5) is 0 Å². The molecular formula is C8H14ClN3. The van der Waals surface area contributed by atoms with Gasteiger partial charge in [0.15, 0.2) is 0 Å². The second-order valence-electron chi connectivity index (χ2n) is 3.77. The summed E-state index contributed by atoms with van der Waals surface area (Å²) >= 11 is 5.81. The smallest absolute Gasteiger partial charge is 0.138 e. The van der Waals surface area contributed by atoms with Gasteiger partial charge >= 0.3 is 0 Å². The zero-order valence-electron chi connectivity index (χ0n) is 7.71. The van der Waals surface area contributed by atoms with E-state index >= 15 is 0 Å². The van der Waals surface area contributed by atoms with Gasteiger partial charge < -0.3 is 0 Å². The van der Waals surface area contributed by atoms with Crippen LogP contribution >= 0.6 is 11.6 Å². The molecule has 0 saturated carbocycles. The first-order valence-electron chi connectivity index (χ1n) is 3.94. The second-order valence-corrected chi connectivity index (χ2v) is 4.04. The summed E-state index contributed by atoms with van der Waals surface area (Å²) in [5.41, 5.74) is 0.0996. The van der Waals surface area contributed by atoms with Gasteiger partial charge in [0.2, 0.25) is 0 Å². The quantitative estimate of drug-likeness (QED) is 0.674. The molecule has 0 amide bonds. The van der Waals surface area contributed by atoms with E-state index in [4.69, 9.17) is 11.6 Å². The molecule has 12 heavy (non-hydrogen) atoms. The number of aryl methyl sites for hydroxylation is 1. The average Bonchev–Trinajstić information content (AvgIpc) is 2.36. The fourth-order valence-electron chi connectivity index (χ4n) is 0.955. The molecule has 0 N–H and O–H groups in total. The highest BCUT2D eigenvalue weighted by Gasteiger charge is 2.19. The van der Waals surface area contributed by atoms with Crippen molar-refractivity contribution in [1.82, 2.24) is 14.8 Å². The third-order valence-electron chi connectivity index (χ3n) is 1.80. The highest BCUT2D eigenvalue weighted by molar-refractivity contribution is 6.18. The predicted molar refractivity (Wildman–Crippen MR) is 49.2 cm³/mol. The molecule has 0 spiro atoms. The molecule has 3 nitrogen and oxygen atoms in total. The van der Waals surface area contributed by atoms with Crippen molar-refractivity contribution in [1.29, 1.82) is 0 Å². The Hall–Kier alpha value is -0.570. The van der Waals surface area contributed by atoms with Crippen molar-refractivity contribution < 1.29 is 0 Å². The van der Waals surface area contributed by atoms with Crippen molar-refractivity contribution in [2.75, 3.05) is 5.88 Å². The molecule has 1 heterocycles. The third kappa shape index (κ3) is 2.21. The summed E-state index contributed by atoms with van der Waals surface area (Å²) in [7, 11) is 1.90. The van der Waals surface area contributed by atoms with E-state index in [1.165, 1.54) is 0 Å². The lowest BCUT2D eigenvalue weighted by molar-refractivity contribution is 0.399.